The number of hydrogen-bond acceptors (Lipinski definition) is 2. The molecule has 1 unspecified atom stereocenters. The molecule has 0 saturated carbocycles. The van der Waals surface area contributed by atoms with Crippen LogP contribution >= 0.6 is 27.7 Å². The first-order valence-corrected chi connectivity index (χ1v) is 3.26. The number of aliphatic imine (C=N–C) groups is 1. The van der Waals surface area contributed by atoms with E-state index in [1.165, 1.54) is 0 Å². The van der Waals surface area contributed by atoms with Crippen LogP contribution in [0.3, 0.4) is 0 Å². The lowest BCUT2D eigenvalue weighted by Gasteiger charge is -1.85. The van der Waals surface area contributed by atoms with Crippen molar-refractivity contribution >= 4 is 33.9 Å². The molecule has 0 spiro atoms. The number of rotatable bonds is 0. The summed E-state index contributed by atoms with van der Waals surface area (Å²) in [6.07, 6.45) is 1.67. The van der Waals surface area contributed by atoms with E-state index in [0.717, 1.165) is 0 Å². The van der Waals surface area contributed by atoms with Gasteiger partial charge in [-0.2, -0.15) is 0 Å². The highest BCUT2D eigenvalue weighted by Gasteiger charge is 2.03. The van der Waals surface area contributed by atoms with Crippen molar-refractivity contribution in [2.24, 2.45) is 4.99 Å². The summed E-state index contributed by atoms with van der Waals surface area (Å²) in [5.41, 5.74) is 0. The minimum Gasteiger partial charge on any atom is -0.270 e. The monoisotopic (exact) mass is 163 g/mol. The van der Waals surface area contributed by atoms with Crippen LogP contribution in [0.5, 0.6) is 0 Å². The van der Waals surface area contributed by atoms with Crippen molar-refractivity contribution in [2.45, 2.75) is 4.28 Å². The SMILES string of the molecule is BrC1N=C[C]S1. The molecule has 6 heavy (non-hydrogen) atoms. The summed E-state index contributed by atoms with van der Waals surface area (Å²) in [5.74, 6) is 2.85. The quantitative estimate of drug-likeness (QED) is 0.390. The first-order chi connectivity index (χ1) is 2.89. The molecule has 0 bridgehead atoms. The smallest absolute Gasteiger partial charge is 0.150 e. The van der Waals surface area contributed by atoms with Gasteiger partial charge in [0, 0.05) is 6.21 Å². The summed E-state index contributed by atoms with van der Waals surface area (Å²) in [6.45, 7) is 0. The van der Waals surface area contributed by atoms with E-state index in [-0.39, 0.29) is 4.28 Å². The zero-order valence-electron chi connectivity index (χ0n) is 2.89. The van der Waals surface area contributed by atoms with Crippen molar-refractivity contribution in [1.29, 1.82) is 0 Å². The van der Waals surface area contributed by atoms with Crippen molar-refractivity contribution in [3.63, 3.8) is 0 Å². The van der Waals surface area contributed by atoms with Gasteiger partial charge in [0.25, 0.3) is 0 Å². The van der Waals surface area contributed by atoms with Gasteiger partial charge in [-0.05, 0) is 0 Å². The Kier molecular flexibility index (Phi) is 1.54. The molecule has 0 N–H and O–H groups in total. The maximum Gasteiger partial charge on any atom is 0.150 e. The van der Waals surface area contributed by atoms with E-state index in [9.17, 15) is 0 Å². The highest BCUT2D eigenvalue weighted by molar-refractivity contribution is 9.11. The zero-order valence-corrected chi connectivity index (χ0v) is 5.29. The number of hydrogen-bond donors (Lipinski definition) is 0. The van der Waals surface area contributed by atoms with Gasteiger partial charge in [-0.25, -0.2) is 0 Å². The molecule has 1 aliphatic heterocycles. The third-order valence-electron chi connectivity index (χ3n) is 0.410. The second-order valence-electron chi connectivity index (χ2n) is 0.806. The lowest BCUT2D eigenvalue weighted by atomic mass is 10.9. The molecule has 0 aromatic rings. The Morgan fingerprint density at radius 1 is 2.00 bits per heavy atom. The van der Waals surface area contributed by atoms with Crippen LogP contribution in [-0.2, 0) is 0 Å². The molecule has 0 aromatic carbocycles. The summed E-state index contributed by atoms with van der Waals surface area (Å²) in [7, 11) is 0. The van der Waals surface area contributed by atoms with Gasteiger partial charge in [-0.1, -0.05) is 15.9 Å². The Labute approximate surface area is 49.3 Å². The van der Waals surface area contributed by atoms with Gasteiger partial charge in [-0.3, -0.25) is 4.99 Å². The van der Waals surface area contributed by atoms with E-state index in [4.69, 9.17) is 0 Å². The number of nitrogens with zero attached hydrogens (tertiary/aromatic N) is 1. The van der Waals surface area contributed by atoms with E-state index in [1.54, 1.807) is 18.0 Å². The lowest BCUT2D eigenvalue weighted by Crippen LogP contribution is -1.70. The van der Waals surface area contributed by atoms with Crippen molar-refractivity contribution < 1.29 is 0 Å². The first kappa shape index (κ1) is 4.65. The van der Waals surface area contributed by atoms with Crippen molar-refractivity contribution in [1.82, 2.24) is 0 Å². The van der Waals surface area contributed by atoms with Crippen LogP contribution in [-0.4, -0.2) is 10.5 Å². The maximum atomic E-state index is 3.88. The molecule has 0 aliphatic carbocycles. The number of halogens is 1. The molecule has 0 saturated heterocycles. The van der Waals surface area contributed by atoms with E-state index >= 15 is 0 Å². The fraction of sp³-hybridized carbons (Fsp3) is 0.333. The Bertz CT molecular complexity index is 73.2. The minimum absolute atomic E-state index is 0.234. The van der Waals surface area contributed by atoms with Crippen LogP contribution in [0, 0.1) is 5.75 Å². The van der Waals surface area contributed by atoms with Crippen LogP contribution in [0.15, 0.2) is 4.99 Å². The van der Waals surface area contributed by atoms with Crippen LogP contribution in [0.4, 0.5) is 0 Å². The first-order valence-electron chi connectivity index (χ1n) is 1.46. The van der Waals surface area contributed by atoms with Crippen molar-refractivity contribution in [3.8, 4) is 0 Å². The molecule has 1 rings (SSSR count). The van der Waals surface area contributed by atoms with E-state index in [2.05, 4.69) is 26.7 Å². The molecule has 3 heteroatoms. The van der Waals surface area contributed by atoms with Gasteiger partial charge >= 0.3 is 0 Å². The Morgan fingerprint density at radius 2 is 2.83 bits per heavy atom. The number of thioether (sulfide) groups is 1. The second-order valence-corrected chi connectivity index (χ2v) is 3.20. The van der Waals surface area contributed by atoms with Gasteiger partial charge in [0.2, 0.25) is 0 Å². The molecule has 0 aromatic heterocycles. The maximum absolute atomic E-state index is 3.88. The fourth-order valence-electron chi connectivity index (χ4n) is 0.206. The van der Waals surface area contributed by atoms with Crippen molar-refractivity contribution in [2.75, 3.05) is 0 Å². The summed E-state index contributed by atoms with van der Waals surface area (Å²) >= 11 is 4.78. The Hall–Kier alpha value is 0.500. The largest absolute Gasteiger partial charge is 0.270 e. The van der Waals surface area contributed by atoms with E-state index < -0.39 is 0 Å². The van der Waals surface area contributed by atoms with Gasteiger partial charge in [0.1, 0.15) is 0 Å². The van der Waals surface area contributed by atoms with Crippen LogP contribution in [0.2, 0.25) is 0 Å². The summed E-state index contributed by atoms with van der Waals surface area (Å²) in [6, 6.07) is 0. The fourth-order valence-corrected chi connectivity index (χ4v) is 1.00. The summed E-state index contributed by atoms with van der Waals surface area (Å²) < 4.78 is 0.234. The Balaban J connectivity index is 2.38. The Morgan fingerprint density at radius 3 is 3.00 bits per heavy atom. The van der Waals surface area contributed by atoms with E-state index in [0.29, 0.717) is 0 Å². The van der Waals surface area contributed by atoms with Gasteiger partial charge < -0.3 is 0 Å². The van der Waals surface area contributed by atoms with Crippen LogP contribution in [0.25, 0.3) is 0 Å². The zero-order chi connectivity index (χ0) is 4.41. The molecule has 1 heterocycles. The van der Waals surface area contributed by atoms with Crippen LogP contribution < -0.4 is 0 Å². The van der Waals surface area contributed by atoms with Gasteiger partial charge in [-0.15, -0.1) is 11.8 Å². The minimum atomic E-state index is 0.234. The highest BCUT2D eigenvalue weighted by atomic mass is 79.9. The average Bonchev–Trinajstić information content (AvgIpc) is 1.86. The predicted molar refractivity (Wildman–Crippen MR) is 32.0 cm³/mol. The normalized spacial score (nSPS) is 31.8. The molecule has 0 amide bonds. The molecule has 2 radical (unpaired) electrons. The standard InChI is InChI=1S/C3H2BrNS/c4-3-5-1-2-6-3/h1,3H. The summed E-state index contributed by atoms with van der Waals surface area (Å²) in [5, 5.41) is 0. The third-order valence-corrected chi connectivity index (χ3v) is 1.76. The molecule has 32 valence electrons. The number of alkyl halides is 1. The molecular weight excluding hydrogens is 162 g/mol. The molecule has 1 nitrogen and oxygen atoms in total. The van der Waals surface area contributed by atoms with Gasteiger partial charge in [0.05, 0.1) is 5.75 Å². The average molecular weight is 164 g/mol. The molecular formula is C3H2BrNS. The lowest BCUT2D eigenvalue weighted by molar-refractivity contribution is 1.36. The second kappa shape index (κ2) is 1.98. The predicted octanol–water partition coefficient (Wildman–Crippen LogP) is 1.52. The van der Waals surface area contributed by atoms with Gasteiger partial charge in [0.15, 0.2) is 4.28 Å². The van der Waals surface area contributed by atoms with Crippen molar-refractivity contribution in [3.05, 3.63) is 5.75 Å². The topological polar surface area (TPSA) is 12.4 Å². The summed E-state index contributed by atoms with van der Waals surface area (Å²) in [4.78, 5) is 3.88. The molecule has 0 fully saturated rings. The highest BCUT2D eigenvalue weighted by Crippen LogP contribution is 2.24. The van der Waals surface area contributed by atoms with E-state index in [1.807, 2.05) is 0 Å². The molecule has 1 aliphatic rings. The van der Waals surface area contributed by atoms with Crippen LogP contribution in [0.1, 0.15) is 0 Å². The third kappa shape index (κ3) is 0.980. The molecule has 1 atom stereocenters.